The van der Waals surface area contributed by atoms with Gasteiger partial charge in [-0.15, -0.1) is 0 Å². The van der Waals surface area contributed by atoms with Crippen LogP contribution in [0.25, 0.3) is 39.2 Å². The summed E-state index contributed by atoms with van der Waals surface area (Å²) in [7, 11) is 0. The first kappa shape index (κ1) is 18.8. The molecule has 0 unspecified atom stereocenters. The number of pyridine rings is 1. The zero-order valence-electron chi connectivity index (χ0n) is 17.2. The van der Waals surface area contributed by atoms with E-state index < -0.39 is 5.69 Å². The van der Waals surface area contributed by atoms with Crippen molar-refractivity contribution in [3.63, 3.8) is 0 Å². The van der Waals surface area contributed by atoms with E-state index in [1.54, 1.807) is 12.1 Å². The van der Waals surface area contributed by atoms with E-state index in [9.17, 15) is 9.59 Å². The lowest BCUT2D eigenvalue weighted by Crippen LogP contribution is -2.43. The summed E-state index contributed by atoms with van der Waals surface area (Å²) in [6, 6.07) is 20.5. The third-order valence-corrected chi connectivity index (χ3v) is 6.46. The van der Waals surface area contributed by atoms with Crippen molar-refractivity contribution >= 4 is 16.7 Å². The summed E-state index contributed by atoms with van der Waals surface area (Å²) < 4.78 is 7.56. The van der Waals surface area contributed by atoms with Crippen LogP contribution >= 0.6 is 0 Å². The van der Waals surface area contributed by atoms with Crippen molar-refractivity contribution < 1.29 is 4.42 Å². The molecule has 0 spiro atoms. The largest absolute Gasteiger partial charge is 0.438 e. The number of aromatic amines is 1. The molecule has 3 heterocycles. The van der Waals surface area contributed by atoms with Crippen molar-refractivity contribution in [1.82, 2.24) is 14.6 Å². The van der Waals surface area contributed by atoms with Crippen LogP contribution in [0, 0.1) is 0 Å². The maximum Gasteiger partial charge on any atom is 0.350 e. The third-order valence-electron chi connectivity index (χ3n) is 6.46. The van der Waals surface area contributed by atoms with Crippen LogP contribution in [0.1, 0.15) is 24.8 Å². The summed E-state index contributed by atoms with van der Waals surface area (Å²) in [5.74, 6) is 0.405. The monoisotopic (exact) mass is 424 g/mol. The smallest absolute Gasteiger partial charge is 0.350 e. The molecule has 6 rings (SSSR count). The molecule has 2 aromatic carbocycles. The normalized spacial score (nSPS) is 15.2. The number of hydrogen-bond donors (Lipinski definition) is 2. The third kappa shape index (κ3) is 2.68. The highest BCUT2D eigenvalue weighted by Crippen LogP contribution is 2.40. The van der Waals surface area contributed by atoms with Crippen LogP contribution in [-0.4, -0.2) is 14.6 Å². The molecule has 1 saturated carbocycles. The molecular formula is C25H20N4O3. The Morgan fingerprint density at radius 3 is 2.38 bits per heavy atom. The molecule has 0 amide bonds. The zero-order valence-corrected chi connectivity index (χ0v) is 17.2. The number of nitrogens with two attached hydrogens (primary N) is 1. The minimum Gasteiger partial charge on any atom is -0.438 e. The van der Waals surface area contributed by atoms with Gasteiger partial charge in [-0.25, -0.2) is 14.3 Å². The quantitative estimate of drug-likeness (QED) is 0.458. The van der Waals surface area contributed by atoms with Crippen molar-refractivity contribution in [3.05, 3.63) is 93.0 Å². The van der Waals surface area contributed by atoms with Gasteiger partial charge in [0.2, 0.25) is 11.1 Å². The van der Waals surface area contributed by atoms with Gasteiger partial charge in [0.1, 0.15) is 5.76 Å². The number of nitrogens with zero attached hydrogens (tertiary/aromatic N) is 2. The second kappa shape index (κ2) is 6.77. The molecule has 1 aliphatic rings. The van der Waals surface area contributed by atoms with Gasteiger partial charge in [0.05, 0.1) is 10.9 Å². The lowest BCUT2D eigenvalue weighted by molar-refractivity contribution is 0.253. The SMILES string of the molecule is NC1(c2ccc(-c3c(-c4ccccc4)oc4c(ccc5n[nH]c(=O)n54)c3=O)cc2)CCC1. The molecule has 0 aliphatic heterocycles. The van der Waals surface area contributed by atoms with Crippen LogP contribution in [0.4, 0.5) is 0 Å². The van der Waals surface area contributed by atoms with E-state index in [2.05, 4.69) is 10.2 Å². The van der Waals surface area contributed by atoms with Crippen molar-refractivity contribution in [2.75, 3.05) is 0 Å². The molecule has 0 radical (unpaired) electrons. The maximum absolute atomic E-state index is 13.7. The lowest BCUT2D eigenvalue weighted by Gasteiger charge is -2.38. The van der Waals surface area contributed by atoms with Gasteiger partial charge in [-0.1, -0.05) is 54.6 Å². The Morgan fingerprint density at radius 2 is 1.69 bits per heavy atom. The van der Waals surface area contributed by atoms with Crippen LogP contribution in [0.5, 0.6) is 0 Å². The van der Waals surface area contributed by atoms with Crippen molar-refractivity contribution in [3.8, 4) is 22.5 Å². The Hall–Kier alpha value is -3.97. The van der Waals surface area contributed by atoms with E-state index >= 15 is 0 Å². The fourth-order valence-electron chi connectivity index (χ4n) is 4.50. The molecule has 1 aliphatic carbocycles. The predicted octanol–water partition coefficient (Wildman–Crippen LogP) is 3.80. The van der Waals surface area contributed by atoms with E-state index in [0.29, 0.717) is 22.4 Å². The van der Waals surface area contributed by atoms with Crippen molar-refractivity contribution in [2.45, 2.75) is 24.8 Å². The first-order valence-electron chi connectivity index (χ1n) is 10.6. The highest BCUT2D eigenvalue weighted by Gasteiger charge is 2.34. The second-order valence-electron chi connectivity index (χ2n) is 8.36. The van der Waals surface area contributed by atoms with E-state index in [0.717, 1.165) is 36.0 Å². The van der Waals surface area contributed by atoms with Gasteiger partial charge in [0.25, 0.3) is 0 Å². The van der Waals surface area contributed by atoms with Crippen LogP contribution in [0.3, 0.4) is 0 Å². The summed E-state index contributed by atoms with van der Waals surface area (Å²) in [5, 5.41) is 6.70. The minimum atomic E-state index is -0.460. The fraction of sp³-hybridized carbons (Fsp3) is 0.160. The lowest BCUT2D eigenvalue weighted by atomic mass is 9.72. The maximum atomic E-state index is 13.7. The van der Waals surface area contributed by atoms with Crippen LogP contribution in [-0.2, 0) is 5.54 Å². The van der Waals surface area contributed by atoms with E-state index in [-0.39, 0.29) is 16.7 Å². The van der Waals surface area contributed by atoms with Gasteiger partial charge < -0.3 is 10.2 Å². The summed E-state index contributed by atoms with van der Waals surface area (Å²) in [4.78, 5) is 26.1. The number of hydrogen-bond acceptors (Lipinski definition) is 5. The van der Waals surface area contributed by atoms with Crippen LogP contribution in [0.15, 0.2) is 80.7 Å². The summed E-state index contributed by atoms with van der Waals surface area (Å²) in [6.45, 7) is 0. The molecule has 0 bridgehead atoms. The van der Waals surface area contributed by atoms with Crippen LogP contribution < -0.4 is 16.9 Å². The second-order valence-corrected chi connectivity index (χ2v) is 8.36. The molecule has 5 aromatic rings. The standard InChI is InChI=1S/C25H20N4O3/c26-25(13-4-14-25)17-9-7-15(8-10-17)20-21(30)18-11-12-19-27-28-24(31)29(19)23(18)32-22(20)16-5-2-1-3-6-16/h1-3,5-12H,4,13-14,26H2,(H,28,31). The van der Waals surface area contributed by atoms with E-state index in [1.807, 2.05) is 54.6 Å². The minimum absolute atomic E-state index is 0.167. The summed E-state index contributed by atoms with van der Waals surface area (Å²) in [5.41, 5.74) is 9.09. The fourth-order valence-corrected chi connectivity index (χ4v) is 4.50. The Labute approximate surface area is 182 Å². The van der Waals surface area contributed by atoms with E-state index in [4.69, 9.17) is 10.2 Å². The van der Waals surface area contributed by atoms with Gasteiger partial charge in [0.15, 0.2) is 5.65 Å². The highest BCUT2D eigenvalue weighted by molar-refractivity contribution is 5.88. The van der Waals surface area contributed by atoms with Crippen molar-refractivity contribution in [1.29, 1.82) is 0 Å². The highest BCUT2D eigenvalue weighted by atomic mass is 16.3. The molecule has 0 saturated heterocycles. The molecule has 3 N–H and O–H groups in total. The number of benzene rings is 2. The van der Waals surface area contributed by atoms with Gasteiger partial charge in [-0.2, -0.15) is 5.10 Å². The topological polar surface area (TPSA) is 106 Å². The molecule has 1 fully saturated rings. The summed E-state index contributed by atoms with van der Waals surface area (Å²) >= 11 is 0. The molecular weight excluding hydrogens is 404 g/mol. The first-order chi connectivity index (χ1) is 15.5. The molecule has 158 valence electrons. The molecule has 7 nitrogen and oxygen atoms in total. The van der Waals surface area contributed by atoms with E-state index in [1.165, 1.54) is 4.40 Å². The number of aromatic nitrogens is 3. The number of H-pyrrole nitrogens is 1. The van der Waals surface area contributed by atoms with Crippen LogP contribution in [0.2, 0.25) is 0 Å². The van der Waals surface area contributed by atoms with Gasteiger partial charge >= 0.3 is 5.69 Å². The van der Waals surface area contributed by atoms with Gasteiger partial charge in [0, 0.05) is 11.1 Å². The zero-order chi connectivity index (χ0) is 21.9. The average Bonchev–Trinajstić information content (AvgIpc) is 3.19. The van der Waals surface area contributed by atoms with Gasteiger partial charge in [-0.05, 0) is 42.5 Å². The molecule has 7 heteroatoms. The molecule has 0 atom stereocenters. The Bertz CT molecular complexity index is 1590. The number of nitrogens with one attached hydrogen (secondary N) is 1. The molecule has 32 heavy (non-hydrogen) atoms. The molecule has 3 aromatic heterocycles. The first-order valence-corrected chi connectivity index (χ1v) is 10.6. The summed E-state index contributed by atoms with van der Waals surface area (Å²) in [6.07, 6.45) is 3.07. The van der Waals surface area contributed by atoms with Crippen molar-refractivity contribution in [2.24, 2.45) is 5.73 Å². The van der Waals surface area contributed by atoms with Gasteiger partial charge in [-0.3, -0.25) is 4.79 Å². The Morgan fingerprint density at radius 1 is 0.938 bits per heavy atom. The Balaban J connectivity index is 1.66. The average molecular weight is 424 g/mol. The number of rotatable bonds is 3. The number of fused-ring (bicyclic) bond motifs is 3. The Kier molecular flexibility index (Phi) is 3.97. The predicted molar refractivity (Wildman–Crippen MR) is 122 cm³/mol.